The molecule has 1 aromatic heterocycles. The van der Waals surface area contributed by atoms with Gasteiger partial charge >= 0.3 is 0 Å². The average molecular weight is 401 g/mol. The van der Waals surface area contributed by atoms with Crippen molar-refractivity contribution in [1.29, 1.82) is 0 Å². The van der Waals surface area contributed by atoms with Gasteiger partial charge in [-0.3, -0.25) is 4.79 Å². The monoisotopic (exact) mass is 400 g/mol. The first kappa shape index (κ1) is 20.0. The molecule has 6 nitrogen and oxygen atoms in total. The lowest BCUT2D eigenvalue weighted by atomic mass is 10.0. The van der Waals surface area contributed by atoms with Crippen molar-refractivity contribution in [2.45, 2.75) is 41.5 Å². The van der Waals surface area contributed by atoms with E-state index in [-0.39, 0.29) is 23.7 Å². The highest BCUT2D eigenvalue weighted by Crippen LogP contribution is 2.33. The molecule has 2 N–H and O–H groups in total. The van der Waals surface area contributed by atoms with Crippen LogP contribution >= 0.6 is 35.7 Å². The summed E-state index contributed by atoms with van der Waals surface area (Å²) in [4.78, 5) is 11.6. The molecule has 0 bridgehead atoms. The van der Waals surface area contributed by atoms with Gasteiger partial charge < -0.3 is 14.9 Å². The van der Waals surface area contributed by atoms with Gasteiger partial charge in [0.1, 0.15) is 18.1 Å². The van der Waals surface area contributed by atoms with Crippen molar-refractivity contribution in [2.24, 2.45) is 0 Å². The fraction of sp³-hybridized carbons (Fsp3) is 0.438. The number of ketones is 1. The molecule has 0 fully saturated rings. The predicted octanol–water partition coefficient (Wildman–Crippen LogP) is 3.22. The summed E-state index contributed by atoms with van der Waals surface area (Å²) in [6.45, 7) is 3.47. The van der Waals surface area contributed by atoms with Gasteiger partial charge in [-0.2, -0.15) is 0 Å². The number of thiol groups is 1. The molecule has 25 heavy (non-hydrogen) atoms. The molecule has 1 aromatic carbocycles. The van der Waals surface area contributed by atoms with Crippen LogP contribution in [-0.2, 0) is 6.42 Å². The standard InChI is InChI=1S/C16H20N2O4S3/c1-3-4-12-13(6-5-11(9(2)19)14(12)21)22-7-10(20)8-24-16-18-17-15(23)25-16/h5-6,10,20-21H,3-4,7-8H2,1-2H3,(H,17,23). The Hall–Kier alpha value is -1.29. The summed E-state index contributed by atoms with van der Waals surface area (Å²) in [6, 6.07) is 3.21. The van der Waals surface area contributed by atoms with Crippen LogP contribution in [0.3, 0.4) is 0 Å². The highest BCUT2D eigenvalue weighted by Gasteiger charge is 2.17. The van der Waals surface area contributed by atoms with E-state index in [0.29, 0.717) is 27.8 Å². The molecule has 2 rings (SSSR count). The van der Waals surface area contributed by atoms with Crippen molar-refractivity contribution in [3.05, 3.63) is 23.3 Å². The maximum atomic E-state index is 11.6. The van der Waals surface area contributed by atoms with E-state index in [1.165, 1.54) is 30.0 Å². The van der Waals surface area contributed by atoms with E-state index in [9.17, 15) is 15.0 Å². The number of aromatic hydroxyl groups is 1. The maximum Gasteiger partial charge on any atom is 0.175 e. The van der Waals surface area contributed by atoms with E-state index in [4.69, 9.17) is 4.74 Å². The van der Waals surface area contributed by atoms with Gasteiger partial charge in [0.05, 0.1) is 11.7 Å². The lowest BCUT2D eigenvalue weighted by Crippen LogP contribution is -2.20. The van der Waals surface area contributed by atoms with E-state index in [1.807, 2.05) is 6.92 Å². The summed E-state index contributed by atoms with van der Waals surface area (Å²) in [5.74, 6) is 0.662. The number of hydrogen-bond acceptors (Lipinski definition) is 9. The molecule has 0 saturated carbocycles. The quantitative estimate of drug-likeness (QED) is 0.338. The van der Waals surface area contributed by atoms with Crippen LogP contribution in [0.5, 0.6) is 11.5 Å². The van der Waals surface area contributed by atoms with E-state index in [0.717, 1.165) is 10.8 Å². The molecule has 1 unspecified atom stereocenters. The number of benzene rings is 1. The molecule has 1 heterocycles. The fourth-order valence-electron chi connectivity index (χ4n) is 2.19. The Balaban J connectivity index is 1.99. The number of phenols is 1. The van der Waals surface area contributed by atoms with Crippen molar-refractivity contribution >= 4 is 41.5 Å². The predicted molar refractivity (Wildman–Crippen MR) is 101 cm³/mol. The molecule has 9 heteroatoms. The number of rotatable bonds is 9. The Kier molecular flexibility index (Phi) is 7.55. The molecule has 0 saturated heterocycles. The van der Waals surface area contributed by atoms with E-state index >= 15 is 0 Å². The van der Waals surface area contributed by atoms with Crippen molar-refractivity contribution < 1.29 is 19.7 Å². The van der Waals surface area contributed by atoms with Gasteiger partial charge in [0.15, 0.2) is 14.5 Å². The Morgan fingerprint density at radius 1 is 1.44 bits per heavy atom. The number of aromatic nitrogens is 2. The molecule has 0 radical (unpaired) electrons. The first-order valence-corrected chi connectivity index (χ1v) is 9.99. The molecule has 2 aromatic rings. The van der Waals surface area contributed by atoms with Gasteiger partial charge in [-0.15, -0.1) is 22.8 Å². The van der Waals surface area contributed by atoms with Crippen LogP contribution in [0.2, 0.25) is 0 Å². The highest BCUT2D eigenvalue weighted by molar-refractivity contribution is 8.01. The van der Waals surface area contributed by atoms with Crippen LogP contribution in [0.15, 0.2) is 20.8 Å². The zero-order valence-electron chi connectivity index (χ0n) is 13.9. The fourth-order valence-corrected chi connectivity index (χ4v) is 4.21. The number of aliphatic hydroxyl groups excluding tert-OH is 1. The lowest BCUT2D eigenvalue weighted by molar-refractivity contribution is 0.101. The minimum Gasteiger partial charge on any atom is -0.507 e. The number of aliphatic hydroxyl groups is 1. The van der Waals surface area contributed by atoms with Crippen LogP contribution in [-0.4, -0.2) is 44.7 Å². The second kappa shape index (κ2) is 9.42. The summed E-state index contributed by atoms with van der Waals surface area (Å²) in [7, 11) is 0. The van der Waals surface area contributed by atoms with Crippen molar-refractivity contribution in [1.82, 2.24) is 10.2 Å². The van der Waals surface area contributed by atoms with Gasteiger partial charge in [-0.1, -0.05) is 36.4 Å². The summed E-state index contributed by atoms with van der Waals surface area (Å²) < 4.78 is 7.00. The van der Waals surface area contributed by atoms with E-state index in [1.54, 1.807) is 12.1 Å². The molecule has 0 spiro atoms. The lowest BCUT2D eigenvalue weighted by Gasteiger charge is -2.16. The number of Topliss-reactive ketones (excluding diaryl/α,β-unsaturated/α-hetero) is 1. The van der Waals surface area contributed by atoms with Crippen LogP contribution < -0.4 is 4.74 Å². The average Bonchev–Trinajstić information content (AvgIpc) is 2.98. The maximum absolute atomic E-state index is 11.6. The molecule has 0 amide bonds. The van der Waals surface area contributed by atoms with Gasteiger partial charge in [0.2, 0.25) is 0 Å². The molecular formula is C16H20N2O4S3. The second-order valence-electron chi connectivity index (χ2n) is 5.37. The van der Waals surface area contributed by atoms with E-state index < -0.39 is 6.10 Å². The zero-order valence-corrected chi connectivity index (χ0v) is 16.5. The summed E-state index contributed by atoms with van der Waals surface area (Å²) in [6.07, 6.45) is 0.677. The summed E-state index contributed by atoms with van der Waals surface area (Å²) >= 11 is 6.83. The minimum atomic E-state index is -0.707. The minimum absolute atomic E-state index is 0.0362. The molecule has 0 aliphatic rings. The van der Waals surface area contributed by atoms with Crippen molar-refractivity contribution in [2.75, 3.05) is 12.4 Å². The SMILES string of the molecule is CCCc1c(OCC(O)CSc2nnc(S)s2)ccc(C(C)=O)c1O. The van der Waals surface area contributed by atoms with Gasteiger partial charge in [0.25, 0.3) is 0 Å². The first-order chi connectivity index (χ1) is 11.9. The first-order valence-electron chi connectivity index (χ1n) is 7.74. The van der Waals surface area contributed by atoms with Crippen LogP contribution in [0, 0.1) is 0 Å². The largest absolute Gasteiger partial charge is 0.507 e. The smallest absolute Gasteiger partial charge is 0.175 e. The Bertz CT molecular complexity index is 736. The summed E-state index contributed by atoms with van der Waals surface area (Å²) in [5, 5.41) is 28.1. The highest BCUT2D eigenvalue weighted by atomic mass is 32.2. The van der Waals surface area contributed by atoms with Crippen LogP contribution in [0.25, 0.3) is 0 Å². The number of nitrogens with zero attached hydrogens (tertiary/aromatic N) is 2. The third-order valence-corrected chi connectivity index (χ3v) is 5.71. The number of thioether (sulfide) groups is 1. The van der Waals surface area contributed by atoms with Gasteiger partial charge in [-0.25, -0.2) is 0 Å². The number of ether oxygens (including phenoxy) is 1. The van der Waals surface area contributed by atoms with E-state index in [2.05, 4.69) is 22.8 Å². The molecule has 136 valence electrons. The number of hydrogen-bond donors (Lipinski definition) is 3. The second-order valence-corrected chi connectivity index (χ2v) is 8.34. The number of carbonyl (C=O) groups excluding carboxylic acids is 1. The Morgan fingerprint density at radius 3 is 2.80 bits per heavy atom. The van der Waals surface area contributed by atoms with Gasteiger partial charge in [-0.05, 0) is 25.5 Å². The van der Waals surface area contributed by atoms with Crippen LogP contribution in [0.4, 0.5) is 0 Å². The molecule has 0 aliphatic carbocycles. The third-order valence-electron chi connectivity index (χ3n) is 3.35. The van der Waals surface area contributed by atoms with Crippen LogP contribution in [0.1, 0.15) is 36.2 Å². The number of carbonyl (C=O) groups is 1. The number of phenolic OH excluding ortho intramolecular Hbond substituents is 1. The Labute approximate surface area is 160 Å². The normalized spacial score (nSPS) is 12.2. The molecular weight excluding hydrogens is 380 g/mol. The topological polar surface area (TPSA) is 92.5 Å². The third kappa shape index (κ3) is 5.60. The molecule has 0 aliphatic heterocycles. The zero-order chi connectivity index (χ0) is 18.4. The molecule has 1 atom stereocenters. The summed E-state index contributed by atoms with van der Waals surface area (Å²) in [5.41, 5.74) is 0.879. The van der Waals surface area contributed by atoms with Gasteiger partial charge in [0, 0.05) is 11.3 Å². The van der Waals surface area contributed by atoms with Crippen molar-refractivity contribution in [3.8, 4) is 11.5 Å². The Morgan fingerprint density at radius 2 is 2.20 bits per heavy atom. The van der Waals surface area contributed by atoms with Crippen molar-refractivity contribution in [3.63, 3.8) is 0 Å².